The predicted octanol–water partition coefficient (Wildman–Crippen LogP) is 3.39. The number of nitrogens with zero attached hydrogens (tertiary/aromatic N) is 6. The van der Waals surface area contributed by atoms with Gasteiger partial charge < -0.3 is 15.3 Å². The fourth-order valence-electron chi connectivity index (χ4n) is 3.92. The summed E-state index contributed by atoms with van der Waals surface area (Å²) in [6.45, 7) is 1.49. The van der Waals surface area contributed by atoms with Crippen molar-refractivity contribution in [3.63, 3.8) is 0 Å². The predicted molar refractivity (Wildman–Crippen MR) is 119 cm³/mol. The third-order valence-electron chi connectivity index (χ3n) is 5.55. The number of para-hydroxylation sites is 1. The second-order valence-corrected chi connectivity index (χ2v) is 7.54. The summed E-state index contributed by atoms with van der Waals surface area (Å²) in [5.41, 5.74) is 3.87. The zero-order valence-electron chi connectivity index (χ0n) is 16.8. The average Bonchev–Trinajstić information content (AvgIpc) is 3.25. The number of aliphatic hydroxyl groups is 1. The van der Waals surface area contributed by atoms with E-state index in [1.807, 2.05) is 48.5 Å². The van der Waals surface area contributed by atoms with Crippen LogP contribution >= 0.6 is 0 Å². The molecule has 0 amide bonds. The van der Waals surface area contributed by atoms with Gasteiger partial charge in [0.2, 0.25) is 0 Å². The highest BCUT2D eigenvalue weighted by atomic mass is 16.3. The van der Waals surface area contributed by atoms with Gasteiger partial charge in [-0.2, -0.15) is 10.4 Å². The Morgan fingerprint density at radius 1 is 1.06 bits per heavy atom. The summed E-state index contributed by atoms with van der Waals surface area (Å²) in [4.78, 5) is 10.9. The van der Waals surface area contributed by atoms with Crippen LogP contribution in [0.1, 0.15) is 18.4 Å². The van der Waals surface area contributed by atoms with E-state index in [1.54, 1.807) is 10.9 Å². The van der Waals surface area contributed by atoms with Crippen molar-refractivity contribution in [3.05, 3.63) is 66.6 Å². The lowest BCUT2D eigenvalue weighted by Crippen LogP contribution is -2.36. The van der Waals surface area contributed by atoms with Crippen LogP contribution in [0.15, 0.2) is 61.1 Å². The van der Waals surface area contributed by atoms with E-state index < -0.39 is 0 Å². The number of hydrogen-bond acceptors (Lipinski definition) is 7. The number of aliphatic hydroxyl groups excluding tert-OH is 1. The van der Waals surface area contributed by atoms with Crippen molar-refractivity contribution in [1.29, 1.82) is 5.26 Å². The first-order chi connectivity index (χ1) is 15.2. The van der Waals surface area contributed by atoms with Crippen molar-refractivity contribution in [2.24, 2.45) is 0 Å². The molecule has 2 aromatic heterocycles. The molecule has 8 heteroatoms. The quantitative estimate of drug-likeness (QED) is 0.530. The molecule has 0 spiro atoms. The monoisotopic (exact) mass is 411 g/mol. The molecule has 0 aliphatic carbocycles. The van der Waals surface area contributed by atoms with Crippen molar-refractivity contribution in [2.45, 2.75) is 18.9 Å². The highest BCUT2D eigenvalue weighted by Crippen LogP contribution is 2.29. The number of nitriles is 1. The summed E-state index contributed by atoms with van der Waals surface area (Å²) in [5, 5.41) is 28.0. The van der Waals surface area contributed by atoms with Gasteiger partial charge in [-0.15, -0.1) is 0 Å². The molecule has 0 unspecified atom stereocenters. The van der Waals surface area contributed by atoms with Gasteiger partial charge in [0.25, 0.3) is 0 Å². The van der Waals surface area contributed by atoms with Crippen LogP contribution in [0.4, 0.5) is 17.2 Å². The van der Waals surface area contributed by atoms with E-state index in [4.69, 9.17) is 0 Å². The minimum absolute atomic E-state index is 0.250. The molecule has 0 saturated carbocycles. The third-order valence-corrected chi connectivity index (χ3v) is 5.55. The van der Waals surface area contributed by atoms with Crippen molar-refractivity contribution in [2.75, 3.05) is 23.3 Å². The first kappa shape index (κ1) is 19.0. The smallest absolute Gasteiger partial charge is 0.168 e. The van der Waals surface area contributed by atoms with E-state index in [9.17, 15) is 10.4 Å². The molecule has 2 aromatic carbocycles. The van der Waals surface area contributed by atoms with Crippen LogP contribution in [-0.2, 0) is 0 Å². The van der Waals surface area contributed by atoms with E-state index in [1.165, 1.54) is 6.33 Å². The number of nitrogens with one attached hydrogen (secondary N) is 1. The lowest BCUT2D eigenvalue weighted by Gasteiger charge is -2.32. The van der Waals surface area contributed by atoms with Gasteiger partial charge in [-0.3, -0.25) is 0 Å². The normalized spacial score (nSPS) is 14.5. The number of piperidine rings is 1. The summed E-state index contributed by atoms with van der Waals surface area (Å²) in [6.07, 6.45) is 4.43. The van der Waals surface area contributed by atoms with Crippen molar-refractivity contribution in [3.8, 4) is 11.8 Å². The molecule has 1 fully saturated rings. The highest BCUT2D eigenvalue weighted by molar-refractivity contribution is 5.89. The molecule has 3 heterocycles. The minimum Gasteiger partial charge on any atom is -0.393 e. The standard InChI is InChI=1S/C23H21N7O/c24-13-16-12-17(6-7-21(16)29-10-8-19(31)9-11-29)28-22-20-14-27-30(23(20)26-15-25-22)18-4-2-1-3-5-18/h1-7,12,14-15,19,31H,8-11H2,(H,25,26,28). The second kappa shape index (κ2) is 8.05. The summed E-state index contributed by atoms with van der Waals surface area (Å²) in [5.74, 6) is 0.630. The van der Waals surface area contributed by atoms with Crippen LogP contribution in [-0.4, -0.2) is 44.0 Å². The van der Waals surface area contributed by atoms with Crippen LogP contribution in [0.25, 0.3) is 16.7 Å². The van der Waals surface area contributed by atoms with Crippen LogP contribution in [0.2, 0.25) is 0 Å². The second-order valence-electron chi connectivity index (χ2n) is 7.54. The summed E-state index contributed by atoms with van der Waals surface area (Å²) in [7, 11) is 0. The number of aromatic nitrogens is 4. The van der Waals surface area contributed by atoms with Crippen molar-refractivity contribution >= 4 is 28.2 Å². The largest absolute Gasteiger partial charge is 0.393 e. The molecule has 0 atom stereocenters. The average molecular weight is 411 g/mol. The Bertz CT molecular complexity index is 1250. The van der Waals surface area contributed by atoms with E-state index in [0.717, 1.165) is 48.4 Å². The number of benzene rings is 2. The van der Waals surface area contributed by atoms with E-state index in [2.05, 4.69) is 31.4 Å². The number of hydrogen-bond donors (Lipinski definition) is 2. The molecule has 0 radical (unpaired) electrons. The topological polar surface area (TPSA) is 103 Å². The number of anilines is 3. The maximum atomic E-state index is 9.75. The van der Waals surface area contributed by atoms with Gasteiger partial charge in [0, 0.05) is 18.8 Å². The Balaban J connectivity index is 1.45. The molecule has 5 rings (SSSR count). The fraction of sp³-hybridized carbons (Fsp3) is 0.217. The van der Waals surface area contributed by atoms with Gasteiger partial charge >= 0.3 is 0 Å². The summed E-state index contributed by atoms with van der Waals surface area (Å²) in [6, 6.07) is 17.8. The SMILES string of the molecule is N#Cc1cc(Nc2ncnc3c2cnn3-c2ccccc2)ccc1N1CCC(O)CC1. The fourth-order valence-corrected chi connectivity index (χ4v) is 3.92. The van der Waals surface area contributed by atoms with Crippen molar-refractivity contribution in [1.82, 2.24) is 19.7 Å². The Morgan fingerprint density at radius 3 is 2.65 bits per heavy atom. The molecule has 1 aliphatic heterocycles. The number of rotatable bonds is 4. The van der Waals surface area contributed by atoms with Crippen LogP contribution in [0.5, 0.6) is 0 Å². The molecule has 8 nitrogen and oxygen atoms in total. The Labute approximate surface area is 179 Å². The Kier molecular flexibility index (Phi) is 4.94. The van der Waals surface area contributed by atoms with Gasteiger partial charge in [-0.1, -0.05) is 18.2 Å². The van der Waals surface area contributed by atoms with Crippen LogP contribution in [0, 0.1) is 11.3 Å². The molecular weight excluding hydrogens is 390 g/mol. The van der Waals surface area contributed by atoms with Crippen LogP contribution in [0.3, 0.4) is 0 Å². The van der Waals surface area contributed by atoms with E-state index in [-0.39, 0.29) is 6.10 Å². The van der Waals surface area contributed by atoms with Gasteiger partial charge in [-0.05, 0) is 43.2 Å². The minimum atomic E-state index is -0.250. The van der Waals surface area contributed by atoms with Crippen molar-refractivity contribution < 1.29 is 5.11 Å². The zero-order valence-corrected chi connectivity index (χ0v) is 16.8. The molecule has 0 bridgehead atoms. The Hall–Kier alpha value is -3.96. The first-order valence-corrected chi connectivity index (χ1v) is 10.2. The van der Waals surface area contributed by atoms with E-state index in [0.29, 0.717) is 17.0 Å². The molecule has 154 valence electrons. The number of fused-ring (bicyclic) bond motifs is 1. The van der Waals surface area contributed by atoms with E-state index >= 15 is 0 Å². The molecular formula is C23H21N7O. The molecule has 31 heavy (non-hydrogen) atoms. The molecule has 1 saturated heterocycles. The van der Waals surface area contributed by atoms with Gasteiger partial charge in [0.1, 0.15) is 18.2 Å². The third kappa shape index (κ3) is 3.67. The van der Waals surface area contributed by atoms with Crippen LogP contribution < -0.4 is 10.2 Å². The summed E-state index contributed by atoms with van der Waals surface area (Å²) < 4.78 is 1.77. The highest BCUT2D eigenvalue weighted by Gasteiger charge is 2.20. The summed E-state index contributed by atoms with van der Waals surface area (Å²) >= 11 is 0. The van der Waals surface area contributed by atoms with Gasteiger partial charge in [0.05, 0.1) is 34.6 Å². The maximum Gasteiger partial charge on any atom is 0.168 e. The zero-order chi connectivity index (χ0) is 21.2. The molecule has 4 aromatic rings. The lowest BCUT2D eigenvalue weighted by molar-refractivity contribution is 0.145. The Morgan fingerprint density at radius 2 is 1.87 bits per heavy atom. The molecule has 2 N–H and O–H groups in total. The maximum absolute atomic E-state index is 9.75. The molecule has 1 aliphatic rings. The van der Waals surface area contributed by atoms with Gasteiger partial charge in [0.15, 0.2) is 5.65 Å². The van der Waals surface area contributed by atoms with Gasteiger partial charge in [-0.25, -0.2) is 14.6 Å². The lowest BCUT2D eigenvalue weighted by atomic mass is 10.0. The first-order valence-electron chi connectivity index (χ1n) is 10.2.